The molecule has 2 nitrogen and oxygen atoms in total. The highest BCUT2D eigenvalue weighted by Crippen LogP contribution is 2.29. The Balaban J connectivity index is 3.30. The zero-order valence-electron chi connectivity index (χ0n) is 6.40. The van der Waals surface area contributed by atoms with Crippen LogP contribution in [0, 0.1) is 5.82 Å². The standard InChI is InChI=1S/C7H6ClF3N2/c8-1-4-6(12)5(7(10)11)3(9)2-13-4/h2,7H,1,12H2. The fourth-order valence-electron chi connectivity index (χ4n) is 0.886. The summed E-state index contributed by atoms with van der Waals surface area (Å²) in [6, 6.07) is 0. The summed E-state index contributed by atoms with van der Waals surface area (Å²) in [4.78, 5) is 3.47. The van der Waals surface area contributed by atoms with Crippen LogP contribution in [0.2, 0.25) is 0 Å². The predicted molar refractivity (Wildman–Crippen MR) is 43.1 cm³/mol. The van der Waals surface area contributed by atoms with Crippen LogP contribution in [0.1, 0.15) is 17.7 Å². The van der Waals surface area contributed by atoms with E-state index in [-0.39, 0.29) is 17.3 Å². The average molecular weight is 211 g/mol. The van der Waals surface area contributed by atoms with Crippen LogP contribution in [-0.4, -0.2) is 4.98 Å². The third-order valence-electron chi connectivity index (χ3n) is 1.54. The first-order valence-corrected chi connectivity index (χ1v) is 3.88. The lowest BCUT2D eigenvalue weighted by molar-refractivity contribution is 0.147. The van der Waals surface area contributed by atoms with E-state index in [9.17, 15) is 13.2 Å². The van der Waals surface area contributed by atoms with E-state index in [4.69, 9.17) is 17.3 Å². The summed E-state index contributed by atoms with van der Waals surface area (Å²) >= 11 is 5.35. The number of nitrogen functional groups attached to an aromatic ring is 1. The van der Waals surface area contributed by atoms with Gasteiger partial charge in [-0.1, -0.05) is 0 Å². The molecule has 0 saturated heterocycles. The first-order chi connectivity index (χ1) is 6.07. The van der Waals surface area contributed by atoms with Crippen molar-refractivity contribution in [2.75, 3.05) is 5.73 Å². The zero-order chi connectivity index (χ0) is 10.0. The van der Waals surface area contributed by atoms with Gasteiger partial charge in [0.1, 0.15) is 0 Å². The molecule has 0 aromatic carbocycles. The van der Waals surface area contributed by atoms with E-state index < -0.39 is 17.8 Å². The average Bonchev–Trinajstić information content (AvgIpc) is 2.04. The normalized spacial score (nSPS) is 10.8. The molecule has 0 aliphatic heterocycles. The van der Waals surface area contributed by atoms with Gasteiger partial charge in [0.15, 0.2) is 5.82 Å². The summed E-state index contributed by atoms with van der Waals surface area (Å²) < 4.78 is 37.2. The third-order valence-corrected chi connectivity index (χ3v) is 1.79. The molecule has 0 unspecified atom stereocenters. The van der Waals surface area contributed by atoms with E-state index in [0.717, 1.165) is 0 Å². The summed E-state index contributed by atoms with van der Waals surface area (Å²) in [5, 5.41) is 0. The van der Waals surface area contributed by atoms with Gasteiger partial charge >= 0.3 is 0 Å². The molecule has 0 fully saturated rings. The van der Waals surface area contributed by atoms with Crippen LogP contribution in [0.15, 0.2) is 6.20 Å². The van der Waals surface area contributed by atoms with Crippen molar-refractivity contribution in [2.24, 2.45) is 0 Å². The Bertz CT molecular complexity index is 317. The van der Waals surface area contributed by atoms with Crippen LogP contribution in [0.4, 0.5) is 18.9 Å². The SMILES string of the molecule is Nc1c(CCl)ncc(F)c1C(F)F. The van der Waals surface area contributed by atoms with Crippen LogP contribution in [0.25, 0.3) is 0 Å². The molecule has 0 aliphatic carbocycles. The second kappa shape index (κ2) is 3.83. The topological polar surface area (TPSA) is 38.9 Å². The summed E-state index contributed by atoms with van der Waals surface area (Å²) in [5.41, 5.74) is 4.10. The molecule has 0 spiro atoms. The molecule has 0 aliphatic rings. The van der Waals surface area contributed by atoms with Crippen molar-refractivity contribution < 1.29 is 13.2 Å². The van der Waals surface area contributed by atoms with E-state index in [1.165, 1.54) is 0 Å². The Kier molecular flexibility index (Phi) is 2.98. The van der Waals surface area contributed by atoms with Gasteiger partial charge in [-0.25, -0.2) is 13.2 Å². The molecule has 1 heterocycles. The minimum Gasteiger partial charge on any atom is -0.397 e. The Hall–Kier alpha value is -0.970. The summed E-state index contributed by atoms with van der Waals surface area (Å²) in [6.45, 7) is 0. The van der Waals surface area contributed by atoms with Crippen molar-refractivity contribution in [3.8, 4) is 0 Å². The molecule has 13 heavy (non-hydrogen) atoms. The molecule has 72 valence electrons. The summed E-state index contributed by atoms with van der Waals surface area (Å²) in [5.74, 6) is -1.23. The van der Waals surface area contributed by atoms with Gasteiger partial charge in [-0.15, -0.1) is 11.6 Å². The molecule has 6 heteroatoms. The van der Waals surface area contributed by atoms with Gasteiger partial charge in [0, 0.05) is 0 Å². The molecular formula is C7H6ClF3N2. The molecule has 0 amide bonds. The summed E-state index contributed by atoms with van der Waals surface area (Å²) in [7, 11) is 0. The minimum absolute atomic E-state index is 0.0679. The van der Waals surface area contributed by atoms with E-state index in [1.807, 2.05) is 0 Å². The number of hydrogen-bond acceptors (Lipinski definition) is 2. The van der Waals surface area contributed by atoms with Crippen LogP contribution in [0.5, 0.6) is 0 Å². The van der Waals surface area contributed by atoms with Crippen LogP contribution >= 0.6 is 11.6 Å². The smallest absolute Gasteiger partial charge is 0.268 e. The van der Waals surface area contributed by atoms with Crippen molar-refractivity contribution in [3.05, 3.63) is 23.3 Å². The fraction of sp³-hybridized carbons (Fsp3) is 0.286. The Labute approximate surface area is 77.5 Å². The van der Waals surface area contributed by atoms with E-state index in [1.54, 1.807) is 0 Å². The molecule has 0 saturated carbocycles. The number of anilines is 1. The number of pyridine rings is 1. The Morgan fingerprint density at radius 3 is 2.62 bits per heavy atom. The Morgan fingerprint density at radius 1 is 1.54 bits per heavy atom. The predicted octanol–water partition coefficient (Wildman–Crippen LogP) is 2.48. The Morgan fingerprint density at radius 2 is 2.15 bits per heavy atom. The largest absolute Gasteiger partial charge is 0.397 e. The number of nitrogens with zero attached hydrogens (tertiary/aromatic N) is 1. The molecule has 0 radical (unpaired) electrons. The first-order valence-electron chi connectivity index (χ1n) is 3.34. The molecular weight excluding hydrogens is 205 g/mol. The lowest BCUT2D eigenvalue weighted by Crippen LogP contribution is -2.04. The second-order valence-electron chi connectivity index (χ2n) is 2.31. The van der Waals surface area contributed by atoms with Gasteiger partial charge in [0.25, 0.3) is 6.43 Å². The van der Waals surface area contributed by atoms with Crippen molar-refractivity contribution in [1.29, 1.82) is 0 Å². The van der Waals surface area contributed by atoms with Crippen molar-refractivity contribution >= 4 is 17.3 Å². The molecule has 1 aromatic rings. The minimum atomic E-state index is -2.95. The number of alkyl halides is 3. The van der Waals surface area contributed by atoms with Gasteiger partial charge in [0.05, 0.1) is 29.0 Å². The first kappa shape index (κ1) is 10.1. The van der Waals surface area contributed by atoms with Gasteiger partial charge in [0.2, 0.25) is 0 Å². The highest BCUT2D eigenvalue weighted by molar-refractivity contribution is 6.17. The monoisotopic (exact) mass is 210 g/mol. The van der Waals surface area contributed by atoms with E-state index >= 15 is 0 Å². The lowest BCUT2D eigenvalue weighted by Gasteiger charge is -2.08. The molecule has 0 atom stereocenters. The van der Waals surface area contributed by atoms with Gasteiger partial charge < -0.3 is 5.73 Å². The lowest BCUT2D eigenvalue weighted by atomic mass is 10.2. The van der Waals surface area contributed by atoms with Gasteiger partial charge in [-0.2, -0.15) is 0 Å². The molecule has 1 aromatic heterocycles. The van der Waals surface area contributed by atoms with Crippen molar-refractivity contribution in [2.45, 2.75) is 12.3 Å². The quantitative estimate of drug-likeness (QED) is 0.762. The highest BCUT2D eigenvalue weighted by Gasteiger charge is 2.19. The fourth-order valence-corrected chi connectivity index (χ4v) is 1.10. The maximum absolute atomic E-state index is 12.8. The van der Waals surface area contributed by atoms with Gasteiger partial charge in [-0.3, -0.25) is 4.98 Å². The van der Waals surface area contributed by atoms with Crippen LogP contribution in [-0.2, 0) is 5.88 Å². The maximum Gasteiger partial charge on any atom is 0.268 e. The molecule has 1 rings (SSSR count). The number of nitrogens with two attached hydrogens (primary N) is 1. The third kappa shape index (κ3) is 1.85. The second-order valence-corrected chi connectivity index (χ2v) is 2.58. The van der Waals surface area contributed by atoms with Crippen LogP contribution < -0.4 is 5.73 Å². The zero-order valence-corrected chi connectivity index (χ0v) is 7.15. The number of aromatic nitrogens is 1. The van der Waals surface area contributed by atoms with E-state index in [0.29, 0.717) is 6.20 Å². The number of hydrogen-bond donors (Lipinski definition) is 1. The number of rotatable bonds is 2. The molecule has 0 bridgehead atoms. The summed E-state index contributed by atoms with van der Waals surface area (Å²) in [6.07, 6.45) is -2.26. The molecule has 2 N–H and O–H groups in total. The number of halogens is 4. The van der Waals surface area contributed by atoms with Crippen LogP contribution in [0.3, 0.4) is 0 Å². The van der Waals surface area contributed by atoms with Crippen molar-refractivity contribution in [3.63, 3.8) is 0 Å². The van der Waals surface area contributed by atoms with E-state index in [2.05, 4.69) is 4.98 Å². The highest BCUT2D eigenvalue weighted by atomic mass is 35.5. The maximum atomic E-state index is 12.8. The van der Waals surface area contributed by atoms with Gasteiger partial charge in [-0.05, 0) is 0 Å². The van der Waals surface area contributed by atoms with Crippen molar-refractivity contribution in [1.82, 2.24) is 4.98 Å².